The van der Waals surface area contributed by atoms with Crippen LogP contribution in [0.5, 0.6) is 0 Å². The van der Waals surface area contributed by atoms with Crippen LogP contribution >= 0.6 is 0 Å². The third-order valence-electron chi connectivity index (χ3n) is 11.2. The number of hydrogen-bond donors (Lipinski definition) is 0. The van der Waals surface area contributed by atoms with E-state index < -0.39 is 0 Å². The summed E-state index contributed by atoms with van der Waals surface area (Å²) in [6, 6.07) is 74.5. The first-order chi connectivity index (χ1) is 27.3. The minimum atomic E-state index is 0.945. The van der Waals surface area contributed by atoms with Crippen molar-refractivity contribution in [3.05, 3.63) is 206 Å². The van der Waals surface area contributed by atoms with Crippen LogP contribution in [0.4, 0.5) is 0 Å². The van der Waals surface area contributed by atoms with E-state index in [4.69, 9.17) is 4.98 Å². The van der Waals surface area contributed by atoms with Gasteiger partial charge in [0, 0.05) is 27.3 Å². The van der Waals surface area contributed by atoms with Crippen LogP contribution in [0.3, 0.4) is 0 Å². The summed E-state index contributed by atoms with van der Waals surface area (Å²) in [5.74, 6) is 0. The number of aromatic nitrogens is 2. The lowest BCUT2D eigenvalue weighted by Gasteiger charge is -2.16. The van der Waals surface area contributed by atoms with Gasteiger partial charge in [0.2, 0.25) is 0 Å². The van der Waals surface area contributed by atoms with E-state index in [1.807, 2.05) is 0 Å². The van der Waals surface area contributed by atoms with Crippen molar-refractivity contribution in [1.29, 1.82) is 0 Å². The third-order valence-corrected chi connectivity index (χ3v) is 11.2. The minimum Gasteiger partial charge on any atom is -0.309 e. The first-order valence-electron chi connectivity index (χ1n) is 18.9. The normalized spacial score (nSPS) is 11.6. The molecule has 0 bridgehead atoms. The Kier molecular flexibility index (Phi) is 7.21. The quantitative estimate of drug-likeness (QED) is 0.158. The molecule has 11 aromatic rings. The summed E-state index contributed by atoms with van der Waals surface area (Å²) in [7, 11) is 0. The molecule has 2 heteroatoms. The van der Waals surface area contributed by atoms with Gasteiger partial charge in [0.05, 0.1) is 28.1 Å². The molecule has 0 spiro atoms. The van der Waals surface area contributed by atoms with Gasteiger partial charge in [-0.3, -0.25) is 0 Å². The molecule has 55 heavy (non-hydrogen) atoms. The van der Waals surface area contributed by atoms with E-state index in [-0.39, 0.29) is 0 Å². The molecular formula is C53H34N2. The van der Waals surface area contributed by atoms with Gasteiger partial charge in [-0.05, 0) is 79.9 Å². The Morgan fingerprint density at radius 3 is 1.36 bits per heavy atom. The van der Waals surface area contributed by atoms with Crippen molar-refractivity contribution in [1.82, 2.24) is 9.55 Å². The van der Waals surface area contributed by atoms with Crippen molar-refractivity contribution < 1.29 is 0 Å². The number of hydrogen-bond acceptors (Lipinski definition) is 1. The Hall–Kier alpha value is -7.29. The van der Waals surface area contributed by atoms with Crippen LogP contribution in [0, 0.1) is 0 Å². The SMILES string of the molecule is c1ccc(-c2ccc(-c3cc(-c4ccc(-c5ccccc5)cc4)nc(-c4ccc(-n5c6cccc7ccc8cccc5c8c76)c5ccccc45)c3)cc2)cc1. The molecule has 0 aliphatic heterocycles. The fourth-order valence-electron chi connectivity index (χ4n) is 8.51. The maximum absolute atomic E-state index is 5.43. The Labute approximate surface area is 319 Å². The van der Waals surface area contributed by atoms with Crippen molar-refractivity contribution in [3.8, 4) is 61.6 Å². The molecule has 9 aromatic carbocycles. The van der Waals surface area contributed by atoms with Gasteiger partial charge < -0.3 is 4.57 Å². The summed E-state index contributed by atoms with van der Waals surface area (Å²) in [4.78, 5) is 5.43. The summed E-state index contributed by atoms with van der Waals surface area (Å²) < 4.78 is 2.45. The second-order valence-electron chi connectivity index (χ2n) is 14.3. The van der Waals surface area contributed by atoms with Gasteiger partial charge in [-0.1, -0.05) is 176 Å². The summed E-state index contributed by atoms with van der Waals surface area (Å²) in [5, 5.41) is 7.53. The lowest BCUT2D eigenvalue weighted by Crippen LogP contribution is -1.97. The highest BCUT2D eigenvalue weighted by atomic mass is 15.0. The lowest BCUT2D eigenvalue weighted by atomic mass is 9.95. The molecule has 2 nitrogen and oxygen atoms in total. The average Bonchev–Trinajstić information content (AvgIpc) is 3.61. The molecule has 0 N–H and O–H groups in total. The van der Waals surface area contributed by atoms with E-state index in [9.17, 15) is 0 Å². The van der Waals surface area contributed by atoms with E-state index in [2.05, 4.69) is 211 Å². The van der Waals surface area contributed by atoms with Gasteiger partial charge in [0.1, 0.15) is 0 Å². The van der Waals surface area contributed by atoms with Gasteiger partial charge in [-0.15, -0.1) is 0 Å². The standard InChI is InChI=1S/C53H34N2/c1-3-11-35(12-4-1)37-21-23-39(24-22-37)43-33-47(40-27-25-38(26-28-40)36-13-5-2-6-14-36)54-48(34-43)45-31-32-49(46-18-8-7-17-44(45)46)55-50-19-9-15-41-29-30-42-16-10-20-51(55)53(42)52(41)50/h1-34H. The zero-order valence-corrected chi connectivity index (χ0v) is 30.0. The predicted octanol–water partition coefficient (Wildman–Crippen LogP) is 14.3. The number of benzene rings is 9. The molecule has 0 aliphatic rings. The van der Waals surface area contributed by atoms with Crippen molar-refractivity contribution in [3.63, 3.8) is 0 Å². The van der Waals surface area contributed by atoms with Gasteiger partial charge in [0.25, 0.3) is 0 Å². The lowest BCUT2D eigenvalue weighted by molar-refractivity contribution is 1.20. The maximum Gasteiger partial charge on any atom is 0.0721 e. The minimum absolute atomic E-state index is 0.945. The molecule has 0 saturated heterocycles. The topological polar surface area (TPSA) is 17.8 Å². The molecule has 0 saturated carbocycles. The third kappa shape index (κ3) is 5.22. The molecule has 0 fully saturated rings. The Balaban J connectivity index is 1.10. The summed E-state index contributed by atoms with van der Waals surface area (Å²) >= 11 is 0. The Morgan fingerprint density at radius 1 is 0.309 bits per heavy atom. The molecule has 0 atom stereocenters. The number of pyridine rings is 1. The largest absolute Gasteiger partial charge is 0.309 e. The molecular weight excluding hydrogens is 665 g/mol. The second-order valence-corrected chi connectivity index (χ2v) is 14.3. The van der Waals surface area contributed by atoms with Crippen molar-refractivity contribution in [2.45, 2.75) is 0 Å². The first-order valence-corrected chi connectivity index (χ1v) is 18.9. The van der Waals surface area contributed by atoms with Crippen LogP contribution in [0.1, 0.15) is 0 Å². The molecule has 11 rings (SSSR count). The van der Waals surface area contributed by atoms with E-state index >= 15 is 0 Å². The van der Waals surface area contributed by atoms with Crippen molar-refractivity contribution in [2.24, 2.45) is 0 Å². The zero-order chi connectivity index (χ0) is 36.3. The molecule has 0 aliphatic carbocycles. The summed E-state index contributed by atoms with van der Waals surface area (Å²) in [6.07, 6.45) is 0. The first kappa shape index (κ1) is 31.3. The number of rotatable bonds is 6. The molecule has 2 aromatic heterocycles. The van der Waals surface area contributed by atoms with Crippen molar-refractivity contribution >= 4 is 43.4 Å². The second kappa shape index (κ2) is 12.7. The van der Waals surface area contributed by atoms with Crippen LogP contribution in [-0.4, -0.2) is 9.55 Å². The van der Waals surface area contributed by atoms with Crippen LogP contribution < -0.4 is 0 Å². The molecule has 0 unspecified atom stereocenters. The highest BCUT2D eigenvalue weighted by Crippen LogP contribution is 2.42. The Bertz CT molecular complexity index is 2990. The average molecular weight is 699 g/mol. The molecule has 256 valence electrons. The van der Waals surface area contributed by atoms with Crippen LogP contribution in [0.2, 0.25) is 0 Å². The number of nitrogens with zero attached hydrogens (tertiary/aromatic N) is 2. The highest BCUT2D eigenvalue weighted by Gasteiger charge is 2.19. The Morgan fingerprint density at radius 2 is 0.782 bits per heavy atom. The summed E-state index contributed by atoms with van der Waals surface area (Å²) in [6.45, 7) is 0. The van der Waals surface area contributed by atoms with Gasteiger partial charge in [-0.25, -0.2) is 4.98 Å². The fraction of sp³-hybridized carbons (Fsp3) is 0. The van der Waals surface area contributed by atoms with Crippen molar-refractivity contribution in [2.75, 3.05) is 0 Å². The zero-order valence-electron chi connectivity index (χ0n) is 30.0. The van der Waals surface area contributed by atoms with Crippen LogP contribution in [0.15, 0.2) is 206 Å². The van der Waals surface area contributed by atoms with Crippen LogP contribution in [0.25, 0.3) is 105 Å². The molecule has 0 amide bonds. The maximum atomic E-state index is 5.43. The monoisotopic (exact) mass is 698 g/mol. The van der Waals surface area contributed by atoms with Crippen LogP contribution in [-0.2, 0) is 0 Å². The highest BCUT2D eigenvalue weighted by molar-refractivity contribution is 6.24. The molecule has 2 heterocycles. The van der Waals surface area contributed by atoms with E-state index in [1.165, 1.54) is 71.3 Å². The van der Waals surface area contributed by atoms with E-state index in [0.717, 1.165) is 33.6 Å². The van der Waals surface area contributed by atoms with E-state index in [0.29, 0.717) is 0 Å². The smallest absolute Gasteiger partial charge is 0.0721 e. The van der Waals surface area contributed by atoms with Gasteiger partial charge in [0.15, 0.2) is 0 Å². The fourth-order valence-corrected chi connectivity index (χ4v) is 8.51. The predicted molar refractivity (Wildman–Crippen MR) is 232 cm³/mol. The van der Waals surface area contributed by atoms with Gasteiger partial charge in [-0.2, -0.15) is 0 Å². The number of fused-ring (bicyclic) bond motifs is 1. The summed E-state index contributed by atoms with van der Waals surface area (Å²) in [5.41, 5.74) is 14.8. The van der Waals surface area contributed by atoms with E-state index in [1.54, 1.807) is 0 Å². The van der Waals surface area contributed by atoms with Gasteiger partial charge >= 0.3 is 0 Å². The molecule has 0 radical (unpaired) electrons.